The second kappa shape index (κ2) is 6.12. The lowest BCUT2D eigenvalue weighted by atomic mass is 10.2. The number of halogens is 2. The van der Waals surface area contributed by atoms with Gasteiger partial charge in [-0.25, -0.2) is 12.8 Å². The Labute approximate surface area is 130 Å². The molecule has 0 radical (unpaired) electrons. The number of hydrogen-bond donors (Lipinski definition) is 2. The van der Waals surface area contributed by atoms with Crippen molar-refractivity contribution in [3.8, 4) is 0 Å². The molecule has 0 aliphatic carbocycles. The van der Waals surface area contributed by atoms with Gasteiger partial charge in [-0.2, -0.15) is 5.10 Å². The summed E-state index contributed by atoms with van der Waals surface area (Å²) in [5, 5.41) is 6.70. The predicted molar refractivity (Wildman–Crippen MR) is 80.9 cm³/mol. The van der Waals surface area contributed by atoms with E-state index in [1.54, 1.807) is 20.3 Å². The largest absolute Gasteiger partial charge is 0.316 e. The minimum atomic E-state index is -4.05. The highest BCUT2D eigenvalue weighted by Gasteiger charge is 2.23. The topological polar surface area (TPSA) is 76.0 Å². The molecule has 0 atom stereocenters. The predicted octanol–water partition coefficient (Wildman–Crippen LogP) is 1.84. The lowest BCUT2D eigenvalue weighted by Crippen LogP contribution is -2.17. The smallest absolute Gasteiger partial charge is 0.266 e. The third-order valence-corrected chi connectivity index (χ3v) is 4.50. The lowest BCUT2D eigenvalue weighted by Gasteiger charge is -2.11. The summed E-state index contributed by atoms with van der Waals surface area (Å²) in [5.74, 6) is -0.650. The minimum Gasteiger partial charge on any atom is -0.316 e. The summed E-state index contributed by atoms with van der Waals surface area (Å²) < 4.78 is 43.1. The summed E-state index contributed by atoms with van der Waals surface area (Å²) in [5.41, 5.74) is 0.258. The van der Waals surface area contributed by atoms with Crippen molar-refractivity contribution in [3.05, 3.63) is 40.2 Å². The molecule has 1 heterocycles. The molecule has 1 aromatic carbocycles. The summed E-state index contributed by atoms with van der Waals surface area (Å²) in [6, 6.07) is 4.24. The first-order valence-corrected chi connectivity index (χ1v) is 8.26. The van der Waals surface area contributed by atoms with Gasteiger partial charge in [0.2, 0.25) is 0 Å². The Hall–Kier alpha value is -1.45. The van der Waals surface area contributed by atoms with Crippen molar-refractivity contribution in [1.29, 1.82) is 0 Å². The van der Waals surface area contributed by atoms with Crippen molar-refractivity contribution >= 4 is 31.8 Å². The van der Waals surface area contributed by atoms with Gasteiger partial charge < -0.3 is 5.32 Å². The zero-order valence-electron chi connectivity index (χ0n) is 11.4. The van der Waals surface area contributed by atoms with Crippen LogP contribution in [0.4, 0.5) is 10.2 Å². The number of anilines is 1. The molecule has 6 nitrogen and oxygen atoms in total. The van der Waals surface area contributed by atoms with Gasteiger partial charge >= 0.3 is 0 Å². The molecule has 0 aliphatic heterocycles. The number of benzene rings is 1. The summed E-state index contributed by atoms with van der Waals surface area (Å²) in [7, 11) is -0.744. The number of aryl methyl sites for hydroxylation is 1. The van der Waals surface area contributed by atoms with E-state index in [9.17, 15) is 12.8 Å². The van der Waals surface area contributed by atoms with Crippen LogP contribution in [0.3, 0.4) is 0 Å². The molecular weight excluding hydrogens is 363 g/mol. The summed E-state index contributed by atoms with van der Waals surface area (Å²) >= 11 is 3.19. The Kier molecular flexibility index (Phi) is 4.64. The SMILES string of the molecule is CNCc1cc(Br)cc(S(=O)(=O)Nc2ccn(C)n2)c1F. The normalized spacial score (nSPS) is 11.6. The maximum absolute atomic E-state index is 14.3. The highest BCUT2D eigenvalue weighted by Crippen LogP contribution is 2.25. The molecule has 0 spiro atoms. The highest BCUT2D eigenvalue weighted by atomic mass is 79.9. The Balaban J connectivity index is 2.44. The molecule has 0 fully saturated rings. The van der Waals surface area contributed by atoms with Crippen molar-refractivity contribution in [2.24, 2.45) is 7.05 Å². The van der Waals surface area contributed by atoms with E-state index in [0.717, 1.165) is 0 Å². The number of nitrogens with one attached hydrogen (secondary N) is 2. The molecule has 2 N–H and O–H groups in total. The molecule has 0 aliphatic rings. The standard InChI is InChI=1S/C12H14BrFN4O2S/c1-15-7-8-5-9(13)6-10(12(8)14)21(19,20)17-11-3-4-18(2)16-11/h3-6,15H,7H2,1-2H3,(H,16,17). The van der Waals surface area contributed by atoms with Crippen molar-refractivity contribution in [3.63, 3.8) is 0 Å². The van der Waals surface area contributed by atoms with Gasteiger partial charge in [-0.15, -0.1) is 0 Å². The van der Waals surface area contributed by atoms with E-state index < -0.39 is 20.7 Å². The van der Waals surface area contributed by atoms with Crippen LogP contribution in [0.2, 0.25) is 0 Å². The van der Waals surface area contributed by atoms with Gasteiger partial charge in [-0.1, -0.05) is 15.9 Å². The maximum atomic E-state index is 14.3. The fourth-order valence-electron chi connectivity index (χ4n) is 1.80. The molecule has 0 bridgehead atoms. The zero-order valence-corrected chi connectivity index (χ0v) is 13.8. The van der Waals surface area contributed by atoms with Gasteiger partial charge in [-0.05, 0) is 19.2 Å². The van der Waals surface area contributed by atoms with Gasteiger partial charge in [0.05, 0.1) is 0 Å². The van der Waals surface area contributed by atoms with Crippen LogP contribution in [-0.2, 0) is 23.6 Å². The van der Waals surface area contributed by atoms with Crippen molar-refractivity contribution in [2.45, 2.75) is 11.4 Å². The molecule has 21 heavy (non-hydrogen) atoms. The Morgan fingerprint density at radius 3 is 2.71 bits per heavy atom. The van der Waals surface area contributed by atoms with Gasteiger partial charge in [0.1, 0.15) is 10.7 Å². The maximum Gasteiger partial charge on any atom is 0.266 e. The monoisotopic (exact) mass is 376 g/mol. The van der Waals surface area contributed by atoms with E-state index in [-0.39, 0.29) is 17.9 Å². The third kappa shape index (κ3) is 3.60. The quantitative estimate of drug-likeness (QED) is 0.834. The van der Waals surface area contributed by atoms with Gasteiger partial charge in [0, 0.05) is 35.9 Å². The van der Waals surface area contributed by atoms with E-state index in [4.69, 9.17) is 0 Å². The average molecular weight is 377 g/mol. The van der Waals surface area contributed by atoms with E-state index >= 15 is 0 Å². The molecule has 114 valence electrons. The van der Waals surface area contributed by atoms with Crippen LogP contribution in [0.5, 0.6) is 0 Å². The van der Waals surface area contributed by atoms with Crippen LogP contribution >= 0.6 is 15.9 Å². The number of nitrogens with zero attached hydrogens (tertiary/aromatic N) is 2. The summed E-state index contributed by atoms with van der Waals surface area (Å²) in [6.45, 7) is 0.220. The number of hydrogen-bond acceptors (Lipinski definition) is 4. The second-order valence-corrected chi connectivity index (χ2v) is 6.95. The van der Waals surface area contributed by atoms with Crippen LogP contribution in [0.1, 0.15) is 5.56 Å². The fraction of sp³-hybridized carbons (Fsp3) is 0.250. The third-order valence-electron chi connectivity index (χ3n) is 2.69. The highest BCUT2D eigenvalue weighted by molar-refractivity contribution is 9.10. The summed E-state index contributed by atoms with van der Waals surface area (Å²) in [4.78, 5) is -0.423. The number of aromatic nitrogens is 2. The van der Waals surface area contributed by atoms with E-state index in [1.165, 1.54) is 22.9 Å². The first-order chi connectivity index (χ1) is 9.83. The van der Waals surface area contributed by atoms with Gasteiger partial charge in [0.25, 0.3) is 10.0 Å². The van der Waals surface area contributed by atoms with Crippen LogP contribution < -0.4 is 10.0 Å². The Morgan fingerprint density at radius 1 is 1.43 bits per heavy atom. The molecule has 2 rings (SSSR count). The van der Waals surface area contributed by atoms with Gasteiger partial charge in [0.15, 0.2) is 5.82 Å². The average Bonchev–Trinajstić information content (AvgIpc) is 2.78. The van der Waals surface area contributed by atoms with Crippen LogP contribution in [-0.4, -0.2) is 25.2 Å². The fourth-order valence-corrected chi connectivity index (χ4v) is 3.60. The molecule has 0 amide bonds. The first-order valence-electron chi connectivity index (χ1n) is 5.98. The van der Waals surface area contributed by atoms with Crippen molar-refractivity contribution in [2.75, 3.05) is 11.8 Å². The number of sulfonamides is 1. The zero-order chi connectivity index (χ0) is 15.6. The molecular formula is C12H14BrFN4O2S. The minimum absolute atomic E-state index is 0.132. The van der Waals surface area contributed by atoms with E-state index in [0.29, 0.717) is 4.47 Å². The Bertz CT molecular complexity index is 761. The molecule has 0 saturated carbocycles. The van der Waals surface area contributed by atoms with Crippen LogP contribution in [0, 0.1) is 5.82 Å². The molecule has 2 aromatic rings. The Morgan fingerprint density at radius 2 is 2.14 bits per heavy atom. The van der Waals surface area contributed by atoms with E-state index in [2.05, 4.69) is 31.1 Å². The lowest BCUT2D eigenvalue weighted by molar-refractivity contribution is 0.555. The number of rotatable bonds is 5. The van der Waals surface area contributed by atoms with Crippen LogP contribution in [0.25, 0.3) is 0 Å². The van der Waals surface area contributed by atoms with Crippen molar-refractivity contribution in [1.82, 2.24) is 15.1 Å². The second-order valence-electron chi connectivity index (χ2n) is 4.39. The van der Waals surface area contributed by atoms with E-state index in [1.807, 2.05) is 0 Å². The summed E-state index contributed by atoms with van der Waals surface area (Å²) in [6.07, 6.45) is 1.58. The molecule has 0 unspecified atom stereocenters. The molecule has 9 heteroatoms. The van der Waals surface area contributed by atoms with Crippen molar-refractivity contribution < 1.29 is 12.8 Å². The van der Waals surface area contributed by atoms with Gasteiger partial charge in [-0.3, -0.25) is 9.40 Å². The molecule has 1 aromatic heterocycles. The first kappa shape index (κ1) is 15.9. The molecule has 0 saturated heterocycles. The van der Waals surface area contributed by atoms with Crippen LogP contribution in [0.15, 0.2) is 33.8 Å².